The molecule has 0 spiro atoms. The van der Waals surface area contributed by atoms with E-state index in [1.54, 1.807) is 6.20 Å². The second kappa shape index (κ2) is 11.3. The maximum absolute atomic E-state index is 9.61. The number of nitrogens with one attached hydrogen (secondary N) is 1. The van der Waals surface area contributed by atoms with Gasteiger partial charge in [0.25, 0.3) is 0 Å². The van der Waals surface area contributed by atoms with Crippen molar-refractivity contribution in [2.45, 2.75) is 32.9 Å². The first-order chi connectivity index (χ1) is 8.99. The van der Waals surface area contributed by atoms with E-state index in [4.69, 9.17) is 27.9 Å². The zero-order chi connectivity index (χ0) is 14.7. The Morgan fingerprint density at radius 1 is 1.37 bits per heavy atom. The van der Waals surface area contributed by atoms with Crippen LogP contribution in [0, 0.1) is 6.92 Å². The van der Waals surface area contributed by atoms with Crippen LogP contribution in [0.2, 0.25) is 0 Å². The number of aromatic nitrogens is 1. The number of aliphatic hydroxyl groups excluding tert-OH is 1. The minimum absolute atomic E-state index is 0.194. The number of aryl methyl sites for hydroxylation is 1. The fraction of sp³-hybridized carbons (Fsp3) is 0.615. The van der Waals surface area contributed by atoms with Crippen LogP contribution in [0.1, 0.15) is 19.5 Å². The molecule has 1 atom stereocenters. The lowest BCUT2D eigenvalue weighted by Crippen LogP contribution is -2.35. The predicted octanol–water partition coefficient (Wildman–Crippen LogP) is 2.55. The van der Waals surface area contributed by atoms with Gasteiger partial charge < -0.3 is 15.2 Å². The molecular formula is C13H22Cl2N2O2. The number of halogens is 2. The molecule has 110 valence electrons. The van der Waals surface area contributed by atoms with Crippen LogP contribution < -0.4 is 10.1 Å². The van der Waals surface area contributed by atoms with Crippen LogP contribution in [0.4, 0.5) is 0 Å². The normalized spacial score (nSPS) is 11.7. The zero-order valence-corrected chi connectivity index (χ0v) is 13.1. The fourth-order valence-corrected chi connectivity index (χ4v) is 1.16. The Kier molecular flexibility index (Phi) is 11.0. The summed E-state index contributed by atoms with van der Waals surface area (Å²) in [6.45, 7) is 6.82. The minimum atomic E-state index is -0.497. The third kappa shape index (κ3) is 11.0. The van der Waals surface area contributed by atoms with Crippen LogP contribution in [0.15, 0.2) is 18.3 Å². The van der Waals surface area contributed by atoms with Crippen molar-refractivity contribution in [2.24, 2.45) is 0 Å². The Balaban J connectivity index is 0.000000982. The number of nitrogens with zero attached hydrogens (tertiary/aromatic N) is 1. The first kappa shape index (κ1) is 18.4. The van der Waals surface area contributed by atoms with E-state index in [1.165, 1.54) is 0 Å². The second-order valence-electron chi connectivity index (χ2n) is 4.26. The molecular weight excluding hydrogens is 287 g/mol. The zero-order valence-electron chi connectivity index (χ0n) is 11.6. The molecule has 0 fully saturated rings. The standard InChI is InChI=1S/C12H20N2O2.CH2Cl2/c1-9(2)13-6-11(15)8-16-12-5-4-10(3)14-7-12;2-1-3/h4-5,7,9,11,13,15H,6,8H2,1-3H3;1H2. The fourth-order valence-electron chi connectivity index (χ4n) is 1.16. The molecule has 0 saturated heterocycles. The van der Waals surface area contributed by atoms with Crippen molar-refractivity contribution in [2.75, 3.05) is 18.5 Å². The molecule has 4 nitrogen and oxygen atoms in total. The van der Waals surface area contributed by atoms with Gasteiger partial charge in [-0.3, -0.25) is 4.98 Å². The van der Waals surface area contributed by atoms with Gasteiger partial charge in [0.2, 0.25) is 0 Å². The summed E-state index contributed by atoms with van der Waals surface area (Å²) in [5.74, 6) is 0.689. The topological polar surface area (TPSA) is 54.4 Å². The molecule has 0 amide bonds. The van der Waals surface area contributed by atoms with Crippen molar-refractivity contribution in [3.05, 3.63) is 24.0 Å². The molecule has 1 aromatic heterocycles. The van der Waals surface area contributed by atoms with Crippen LogP contribution in [0.5, 0.6) is 5.75 Å². The number of hydrogen-bond acceptors (Lipinski definition) is 4. The first-order valence-corrected chi connectivity index (χ1v) is 7.15. The summed E-state index contributed by atoms with van der Waals surface area (Å²) in [7, 11) is 0. The van der Waals surface area contributed by atoms with E-state index in [2.05, 4.69) is 10.3 Å². The summed E-state index contributed by atoms with van der Waals surface area (Å²) in [5.41, 5.74) is 0.953. The van der Waals surface area contributed by atoms with E-state index in [0.29, 0.717) is 18.3 Å². The van der Waals surface area contributed by atoms with Gasteiger partial charge in [0.15, 0.2) is 0 Å². The van der Waals surface area contributed by atoms with Crippen molar-refractivity contribution < 1.29 is 9.84 Å². The van der Waals surface area contributed by atoms with Crippen LogP contribution in [0.3, 0.4) is 0 Å². The van der Waals surface area contributed by atoms with Gasteiger partial charge in [-0.15, -0.1) is 23.2 Å². The van der Waals surface area contributed by atoms with Crippen LogP contribution in [-0.2, 0) is 0 Å². The van der Waals surface area contributed by atoms with Gasteiger partial charge in [0.05, 0.1) is 11.5 Å². The van der Waals surface area contributed by atoms with Gasteiger partial charge >= 0.3 is 0 Å². The van der Waals surface area contributed by atoms with Crippen molar-refractivity contribution in [3.8, 4) is 5.75 Å². The predicted molar refractivity (Wildman–Crippen MR) is 80.2 cm³/mol. The van der Waals surface area contributed by atoms with E-state index in [-0.39, 0.29) is 11.9 Å². The van der Waals surface area contributed by atoms with Gasteiger partial charge in [0.1, 0.15) is 18.5 Å². The van der Waals surface area contributed by atoms with Gasteiger partial charge in [-0.1, -0.05) is 13.8 Å². The van der Waals surface area contributed by atoms with Crippen LogP contribution >= 0.6 is 23.2 Å². The molecule has 0 aliphatic carbocycles. The van der Waals surface area contributed by atoms with E-state index in [0.717, 1.165) is 5.69 Å². The molecule has 6 heteroatoms. The van der Waals surface area contributed by atoms with Crippen molar-refractivity contribution in [1.29, 1.82) is 0 Å². The number of hydrogen-bond donors (Lipinski definition) is 2. The number of rotatable bonds is 6. The maximum atomic E-state index is 9.61. The molecule has 2 N–H and O–H groups in total. The molecule has 0 aliphatic heterocycles. The highest BCUT2D eigenvalue weighted by molar-refractivity contribution is 6.40. The third-order valence-corrected chi connectivity index (χ3v) is 2.09. The van der Waals surface area contributed by atoms with Crippen molar-refractivity contribution in [1.82, 2.24) is 10.3 Å². The van der Waals surface area contributed by atoms with Crippen molar-refractivity contribution in [3.63, 3.8) is 0 Å². The third-order valence-electron chi connectivity index (χ3n) is 2.09. The number of ether oxygens (including phenoxy) is 1. The second-order valence-corrected chi connectivity index (χ2v) is 5.07. The molecule has 1 aromatic rings. The summed E-state index contributed by atoms with van der Waals surface area (Å²) in [6, 6.07) is 4.11. The number of aliphatic hydroxyl groups is 1. The summed E-state index contributed by atoms with van der Waals surface area (Å²) >= 11 is 9.53. The molecule has 0 aromatic carbocycles. The molecule has 19 heavy (non-hydrogen) atoms. The van der Waals surface area contributed by atoms with Crippen LogP contribution in [0.25, 0.3) is 0 Å². The largest absolute Gasteiger partial charge is 0.489 e. The molecule has 1 heterocycles. The van der Waals surface area contributed by atoms with Gasteiger partial charge in [-0.25, -0.2) is 0 Å². The lowest BCUT2D eigenvalue weighted by molar-refractivity contribution is 0.104. The molecule has 0 saturated carbocycles. The SMILES string of the molecule is Cc1ccc(OCC(O)CNC(C)C)cn1.ClCCl. The monoisotopic (exact) mass is 308 g/mol. The smallest absolute Gasteiger partial charge is 0.137 e. The molecule has 1 rings (SSSR count). The summed E-state index contributed by atoms with van der Waals surface area (Å²) in [4.78, 5) is 4.11. The number of alkyl halides is 2. The van der Waals surface area contributed by atoms with Crippen molar-refractivity contribution >= 4 is 23.2 Å². The minimum Gasteiger partial charge on any atom is -0.489 e. The average Bonchev–Trinajstić information content (AvgIpc) is 2.36. The van der Waals surface area contributed by atoms with Gasteiger partial charge in [0, 0.05) is 18.3 Å². The first-order valence-electron chi connectivity index (χ1n) is 6.08. The van der Waals surface area contributed by atoms with E-state index >= 15 is 0 Å². The van der Waals surface area contributed by atoms with E-state index in [9.17, 15) is 5.11 Å². The Morgan fingerprint density at radius 2 is 2.00 bits per heavy atom. The van der Waals surface area contributed by atoms with Gasteiger partial charge in [-0.2, -0.15) is 0 Å². The summed E-state index contributed by atoms with van der Waals surface area (Å²) in [5, 5.41) is 12.9. The molecule has 0 radical (unpaired) electrons. The molecule has 0 bridgehead atoms. The lowest BCUT2D eigenvalue weighted by Gasteiger charge is -2.14. The highest BCUT2D eigenvalue weighted by Gasteiger charge is 2.05. The summed E-state index contributed by atoms with van der Waals surface area (Å²) in [6.07, 6.45) is 1.17. The maximum Gasteiger partial charge on any atom is 0.137 e. The van der Waals surface area contributed by atoms with Crippen LogP contribution in [-0.4, -0.2) is 40.7 Å². The summed E-state index contributed by atoms with van der Waals surface area (Å²) < 4.78 is 5.40. The Labute approximate surface area is 125 Å². The lowest BCUT2D eigenvalue weighted by atomic mass is 10.3. The highest BCUT2D eigenvalue weighted by atomic mass is 35.5. The van der Waals surface area contributed by atoms with E-state index < -0.39 is 6.10 Å². The molecule has 1 unspecified atom stereocenters. The van der Waals surface area contributed by atoms with Gasteiger partial charge in [-0.05, 0) is 19.1 Å². The van der Waals surface area contributed by atoms with E-state index in [1.807, 2.05) is 32.9 Å². The number of pyridine rings is 1. The highest BCUT2D eigenvalue weighted by Crippen LogP contribution is 2.08. The molecule has 0 aliphatic rings. The quantitative estimate of drug-likeness (QED) is 0.793. The Bertz CT molecular complexity index is 321. The average molecular weight is 309 g/mol. The Hall–Kier alpha value is -0.550. The Morgan fingerprint density at radius 3 is 2.47 bits per heavy atom.